The van der Waals surface area contributed by atoms with Crippen LogP contribution in [-0.2, 0) is 14.8 Å². The number of ether oxygens (including phenoxy) is 1. The largest absolute Gasteiger partial charge is 0.462 e. The fourth-order valence-electron chi connectivity index (χ4n) is 3.87. The Labute approximate surface area is 191 Å². The lowest BCUT2D eigenvalue weighted by Crippen LogP contribution is -2.42. The molecule has 2 aromatic heterocycles. The van der Waals surface area contributed by atoms with Gasteiger partial charge in [0.15, 0.2) is 0 Å². The molecule has 0 unspecified atom stereocenters. The number of rotatable bonds is 6. The van der Waals surface area contributed by atoms with Crippen molar-refractivity contribution >= 4 is 43.4 Å². The van der Waals surface area contributed by atoms with Gasteiger partial charge in [-0.25, -0.2) is 23.2 Å². The summed E-state index contributed by atoms with van der Waals surface area (Å²) < 4.78 is 32.6. The second-order valence-corrected chi connectivity index (χ2v) is 10.8. The molecule has 170 valence electrons. The maximum Gasteiger partial charge on any atom is 0.348 e. The number of aryl methyl sites for hydroxylation is 2. The molecule has 0 aliphatic carbocycles. The van der Waals surface area contributed by atoms with Gasteiger partial charge < -0.3 is 10.1 Å². The Morgan fingerprint density at radius 3 is 2.53 bits per heavy atom. The third-order valence-electron chi connectivity index (χ3n) is 5.64. The van der Waals surface area contributed by atoms with E-state index in [1.165, 1.54) is 17.7 Å². The summed E-state index contributed by atoms with van der Waals surface area (Å²) >= 11 is 1.30. The normalized spacial score (nSPS) is 15.7. The van der Waals surface area contributed by atoms with Crippen LogP contribution in [0.4, 0.5) is 5.82 Å². The Morgan fingerprint density at radius 1 is 1.19 bits per heavy atom. The lowest BCUT2D eigenvalue weighted by molar-refractivity contribution is 0.0531. The van der Waals surface area contributed by atoms with E-state index in [-0.39, 0.29) is 12.0 Å². The number of hydrogen-bond acceptors (Lipinski definition) is 8. The van der Waals surface area contributed by atoms with E-state index in [4.69, 9.17) is 4.74 Å². The molecule has 0 amide bonds. The van der Waals surface area contributed by atoms with Crippen LogP contribution in [0.2, 0.25) is 0 Å². The number of benzene rings is 1. The third kappa shape index (κ3) is 4.35. The van der Waals surface area contributed by atoms with Crippen LogP contribution >= 0.6 is 11.3 Å². The zero-order chi connectivity index (χ0) is 22.9. The van der Waals surface area contributed by atoms with Gasteiger partial charge in [-0.2, -0.15) is 4.31 Å². The van der Waals surface area contributed by atoms with E-state index in [0.29, 0.717) is 48.1 Å². The van der Waals surface area contributed by atoms with Gasteiger partial charge in [0.1, 0.15) is 21.9 Å². The molecular formula is C22H26N4O4S2. The van der Waals surface area contributed by atoms with Crippen molar-refractivity contribution in [2.45, 2.75) is 44.6 Å². The van der Waals surface area contributed by atoms with E-state index >= 15 is 0 Å². The number of fused-ring (bicyclic) bond motifs is 1. The highest BCUT2D eigenvalue weighted by Crippen LogP contribution is 2.34. The fraction of sp³-hybridized carbons (Fsp3) is 0.409. The minimum absolute atomic E-state index is 0.0721. The van der Waals surface area contributed by atoms with Gasteiger partial charge in [-0.05, 0) is 51.3 Å². The molecule has 1 fully saturated rings. The van der Waals surface area contributed by atoms with E-state index in [1.807, 2.05) is 26.0 Å². The van der Waals surface area contributed by atoms with Crippen LogP contribution in [0.15, 0.2) is 35.5 Å². The number of thiophene rings is 1. The first kappa shape index (κ1) is 22.6. The molecule has 0 bridgehead atoms. The highest BCUT2D eigenvalue weighted by atomic mass is 32.2. The van der Waals surface area contributed by atoms with Crippen molar-refractivity contribution in [1.82, 2.24) is 14.3 Å². The molecule has 8 nitrogen and oxygen atoms in total. The first-order chi connectivity index (χ1) is 15.3. The maximum absolute atomic E-state index is 12.9. The Kier molecular flexibility index (Phi) is 6.45. The average molecular weight is 475 g/mol. The van der Waals surface area contributed by atoms with Gasteiger partial charge >= 0.3 is 5.97 Å². The predicted molar refractivity (Wildman–Crippen MR) is 125 cm³/mol. The third-order valence-corrected chi connectivity index (χ3v) is 8.73. The van der Waals surface area contributed by atoms with Crippen LogP contribution in [0, 0.1) is 13.8 Å². The number of carbonyl (C=O) groups is 1. The van der Waals surface area contributed by atoms with Crippen molar-refractivity contribution in [3.05, 3.63) is 46.6 Å². The second kappa shape index (κ2) is 9.13. The number of carbonyl (C=O) groups excluding carboxylic acids is 1. The summed E-state index contributed by atoms with van der Waals surface area (Å²) in [7, 11) is -3.50. The highest BCUT2D eigenvalue weighted by Gasteiger charge is 2.30. The van der Waals surface area contributed by atoms with Crippen molar-refractivity contribution < 1.29 is 17.9 Å². The molecule has 10 heteroatoms. The van der Waals surface area contributed by atoms with Gasteiger partial charge in [-0.3, -0.25) is 0 Å². The summed E-state index contributed by atoms with van der Waals surface area (Å²) in [4.78, 5) is 22.6. The van der Waals surface area contributed by atoms with Gasteiger partial charge in [0.05, 0.1) is 16.9 Å². The monoisotopic (exact) mass is 474 g/mol. The molecule has 32 heavy (non-hydrogen) atoms. The SMILES string of the molecule is CCOC(=O)c1sc2ncnc(NC3CCN(S(=O)(=O)c4ccc(C)cc4)CC3)c2c1C. The molecule has 0 atom stereocenters. The van der Waals surface area contributed by atoms with Gasteiger partial charge in [-0.15, -0.1) is 11.3 Å². The second-order valence-electron chi connectivity index (χ2n) is 7.81. The molecule has 0 radical (unpaired) electrons. The summed E-state index contributed by atoms with van der Waals surface area (Å²) in [6.45, 7) is 6.75. The lowest BCUT2D eigenvalue weighted by atomic mass is 10.1. The molecule has 1 saturated heterocycles. The predicted octanol–water partition coefficient (Wildman–Crippen LogP) is 3.75. The van der Waals surface area contributed by atoms with E-state index in [2.05, 4.69) is 15.3 Å². The molecule has 1 aliphatic heterocycles. The molecule has 1 aliphatic rings. The maximum atomic E-state index is 12.9. The average Bonchev–Trinajstić information content (AvgIpc) is 3.12. The van der Waals surface area contributed by atoms with Crippen molar-refractivity contribution in [2.75, 3.05) is 25.0 Å². The fourth-order valence-corrected chi connectivity index (χ4v) is 6.38. The minimum atomic E-state index is -3.50. The van der Waals surface area contributed by atoms with Crippen LogP contribution in [0.1, 0.15) is 40.6 Å². The number of sulfonamides is 1. The Balaban J connectivity index is 1.48. The molecule has 4 rings (SSSR count). The molecular weight excluding hydrogens is 448 g/mol. The molecule has 1 aromatic carbocycles. The van der Waals surface area contributed by atoms with Crippen LogP contribution < -0.4 is 5.32 Å². The first-order valence-electron chi connectivity index (χ1n) is 10.6. The topological polar surface area (TPSA) is 101 Å². The van der Waals surface area contributed by atoms with Crippen molar-refractivity contribution in [2.24, 2.45) is 0 Å². The number of nitrogens with zero attached hydrogens (tertiary/aromatic N) is 3. The number of hydrogen-bond donors (Lipinski definition) is 1. The Hall–Kier alpha value is -2.56. The summed E-state index contributed by atoms with van der Waals surface area (Å²) in [5, 5.41) is 4.27. The number of aromatic nitrogens is 2. The van der Waals surface area contributed by atoms with E-state index in [0.717, 1.165) is 21.3 Å². The van der Waals surface area contributed by atoms with Crippen LogP contribution in [0.25, 0.3) is 10.2 Å². The molecule has 0 saturated carbocycles. The van der Waals surface area contributed by atoms with Gasteiger partial charge in [0.2, 0.25) is 10.0 Å². The lowest BCUT2D eigenvalue weighted by Gasteiger charge is -2.32. The van der Waals surface area contributed by atoms with Gasteiger partial charge in [-0.1, -0.05) is 17.7 Å². The van der Waals surface area contributed by atoms with E-state index < -0.39 is 10.0 Å². The van der Waals surface area contributed by atoms with Crippen LogP contribution in [0.5, 0.6) is 0 Å². The summed E-state index contributed by atoms with van der Waals surface area (Å²) in [5.41, 5.74) is 1.82. The zero-order valence-electron chi connectivity index (χ0n) is 18.3. The standard InChI is InChI=1S/C22H26N4O4S2/c1-4-30-22(27)19-15(3)18-20(23-13-24-21(18)31-19)25-16-9-11-26(12-10-16)32(28,29)17-7-5-14(2)6-8-17/h5-8,13,16H,4,9-12H2,1-3H3,(H,23,24,25). The minimum Gasteiger partial charge on any atom is -0.462 e. The van der Waals surface area contributed by atoms with E-state index in [9.17, 15) is 13.2 Å². The smallest absolute Gasteiger partial charge is 0.348 e. The number of esters is 1. The van der Waals surface area contributed by atoms with Crippen molar-refractivity contribution in [3.63, 3.8) is 0 Å². The van der Waals surface area contributed by atoms with Crippen LogP contribution in [-0.4, -0.2) is 54.4 Å². The van der Waals surface area contributed by atoms with Crippen LogP contribution in [0.3, 0.4) is 0 Å². The molecule has 3 heterocycles. The Morgan fingerprint density at radius 2 is 1.88 bits per heavy atom. The summed E-state index contributed by atoms with van der Waals surface area (Å²) in [6, 6.07) is 7.02. The summed E-state index contributed by atoms with van der Waals surface area (Å²) in [5.74, 6) is 0.313. The quantitative estimate of drug-likeness (QED) is 0.543. The Bertz CT molecular complexity index is 1230. The molecule has 1 N–H and O–H groups in total. The molecule has 0 spiro atoms. The number of piperidine rings is 1. The van der Waals surface area contributed by atoms with Crippen molar-refractivity contribution in [1.29, 1.82) is 0 Å². The number of nitrogens with one attached hydrogen (secondary N) is 1. The van der Waals surface area contributed by atoms with Crippen molar-refractivity contribution in [3.8, 4) is 0 Å². The zero-order valence-corrected chi connectivity index (χ0v) is 19.9. The van der Waals surface area contributed by atoms with Gasteiger partial charge in [0.25, 0.3) is 0 Å². The van der Waals surface area contributed by atoms with Gasteiger partial charge in [0, 0.05) is 19.1 Å². The molecule has 3 aromatic rings. The number of anilines is 1. The summed E-state index contributed by atoms with van der Waals surface area (Å²) in [6.07, 6.45) is 2.79. The first-order valence-corrected chi connectivity index (χ1v) is 12.8. The highest BCUT2D eigenvalue weighted by molar-refractivity contribution is 7.89. The van der Waals surface area contributed by atoms with E-state index in [1.54, 1.807) is 23.4 Å².